The van der Waals surface area contributed by atoms with E-state index in [2.05, 4.69) is 21.9 Å². The number of hydrogen-bond acceptors (Lipinski definition) is 5. The van der Waals surface area contributed by atoms with E-state index < -0.39 is 10.0 Å². The lowest BCUT2D eigenvalue weighted by atomic mass is 10.2. The van der Waals surface area contributed by atoms with Gasteiger partial charge in [0.25, 0.3) is 5.91 Å². The third-order valence-corrected chi connectivity index (χ3v) is 5.14. The van der Waals surface area contributed by atoms with Gasteiger partial charge in [-0.25, -0.2) is 13.1 Å². The summed E-state index contributed by atoms with van der Waals surface area (Å²) in [7, 11) is -3.59. The third-order valence-electron chi connectivity index (χ3n) is 3.49. The third kappa shape index (κ3) is 6.15. The summed E-state index contributed by atoms with van der Waals surface area (Å²) < 4.78 is 31.8. The van der Waals surface area contributed by atoms with Crippen LogP contribution in [0, 0.1) is 0 Å². The molecule has 148 valence electrons. The molecule has 0 fully saturated rings. The molecule has 28 heavy (non-hydrogen) atoms. The number of ether oxygens (including phenoxy) is 1. The van der Waals surface area contributed by atoms with Crippen molar-refractivity contribution >= 4 is 38.9 Å². The second-order valence-corrected chi connectivity index (χ2v) is 7.71. The van der Waals surface area contributed by atoms with Gasteiger partial charge in [0, 0.05) is 17.8 Å². The Bertz CT molecular complexity index is 940. The average molecular weight is 420 g/mol. The number of amides is 1. The van der Waals surface area contributed by atoms with Gasteiger partial charge in [-0.3, -0.25) is 10.1 Å². The van der Waals surface area contributed by atoms with Gasteiger partial charge >= 0.3 is 0 Å². The van der Waals surface area contributed by atoms with Gasteiger partial charge < -0.3 is 10.1 Å². The first kappa shape index (κ1) is 21.5. The summed E-state index contributed by atoms with van der Waals surface area (Å²) >= 11 is 5.13. The molecule has 3 N–H and O–H groups in total. The zero-order valence-corrected chi connectivity index (χ0v) is 16.9. The van der Waals surface area contributed by atoms with Crippen molar-refractivity contribution in [2.45, 2.75) is 11.8 Å². The van der Waals surface area contributed by atoms with Gasteiger partial charge in [-0.1, -0.05) is 6.08 Å². The van der Waals surface area contributed by atoms with Crippen LogP contribution in [0.1, 0.15) is 17.3 Å². The highest BCUT2D eigenvalue weighted by Gasteiger charge is 2.13. The van der Waals surface area contributed by atoms with Gasteiger partial charge in [-0.2, -0.15) is 0 Å². The van der Waals surface area contributed by atoms with Crippen LogP contribution in [-0.2, 0) is 10.0 Å². The Balaban J connectivity index is 1.95. The highest BCUT2D eigenvalue weighted by Crippen LogP contribution is 2.14. The van der Waals surface area contributed by atoms with E-state index in [9.17, 15) is 13.2 Å². The Kier molecular flexibility index (Phi) is 7.68. The fourth-order valence-corrected chi connectivity index (χ4v) is 3.39. The molecule has 0 unspecified atom stereocenters. The van der Waals surface area contributed by atoms with Crippen LogP contribution in [0.2, 0.25) is 0 Å². The number of thiocarbonyl (C=S) groups is 1. The number of benzene rings is 2. The summed E-state index contributed by atoms with van der Waals surface area (Å²) in [5.74, 6) is 0.311. The molecule has 7 nitrogen and oxygen atoms in total. The van der Waals surface area contributed by atoms with Gasteiger partial charge in [0.2, 0.25) is 10.0 Å². The van der Waals surface area contributed by atoms with Crippen molar-refractivity contribution < 1.29 is 17.9 Å². The molecule has 2 aromatic carbocycles. The lowest BCUT2D eigenvalue weighted by Crippen LogP contribution is -2.34. The number of hydrogen-bond donors (Lipinski definition) is 3. The zero-order chi connectivity index (χ0) is 20.6. The Morgan fingerprint density at radius 3 is 2.36 bits per heavy atom. The maximum Gasteiger partial charge on any atom is 0.257 e. The number of sulfonamides is 1. The minimum atomic E-state index is -3.59. The molecule has 0 aliphatic rings. The molecule has 0 bridgehead atoms. The smallest absolute Gasteiger partial charge is 0.257 e. The Morgan fingerprint density at radius 2 is 1.79 bits per heavy atom. The molecule has 0 radical (unpaired) electrons. The van der Waals surface area contributed by atoms with E-state index >= 15 is 0 Å². The van der Waals surface area contributed by atoms with Crippen molar-refractivity contribution in [2.24, 2.45) is 0 Å². The fourth-order valence-electron chi connectivity index (χ4n) is 2.18. The predicted octanol–water partition coefficient (Wildman–Crippen LogP) is 2.68. The summed E-state index contributed by atoms with van der Waals surface area (Å²) in [4.78, 5) is 12.3. The summed E-state index contributed by atoms with van der Waals surface area (Å²) in [6, 6.07) is 12.7. The first-order valence-electron chi connectivity index (χ1n) is 8.41. The molecule has 1 amide bonds. The molecule has 0 aliphatic carbocycles. The number of anilines is 1. The highest BCUT2D eigenvalue weighted by molar-refractivity contribution is 7.89. The predicted molar refractivity (Wildman–Crippen MR) is 113 cm³/mol. The van der Waals surface area contributed by atoms with Gasteiger partial charge in [0.1, 0.15) is 5.75 Å². The summed E-state index contributed by atoms with van der Waals surface area (Å²) in [5.41, 5.74) is 0.974. The molecular formula is C19H21N3O4S2. The van der Waals surface area contributed by atoms with Crippen molar-refractivity contribution in [1.29, 1.82) is 0 Å². The topological polar surface area (TPSA) is 96.5 Å². The van der Waals surface area contributed by atoms with Crippen LogP contribution in [-0.4, -0.2) is 32.6 Å². The molecule has 0 saturated carbocycles. The Labute approximate surface area is 169 Å². The first-order chi connectivity index (χ1) is 13.4. The van der Waals surface area contributed by atoms with E-state index in [1.54, 1.807) is 36.4 Å². The standard InChI is InChI=1S/C19H21N3O4S2/c1-3-13-20-28(24,25)17-11-7-15(8-12-17)21-19(27)22-18(23)14-5-9-16(10-6-14)26-4-2/h3,5-12,20H,1,4,13H2,2H3,(H2,21,22,23,27). The molecule has 0 aliphatic heterocycles. The molecule has 0 atom stereocenters. The van der Waals surface area contributed by atoms with Gasteiger partial charge in [0.15, 0.2) is 5.11 Å². The second-order valence-electron chi connectivity index (χ2n) is 5.53. The van der Waals surface area contributed by atoms with Crippen molar-refractivity contribution in [1.82, 2.24) is 10.0 Å². The van der Waals surface area contributed by atoms with Crippen molar-refractivity contribution in [3.05, 3.63) is 66.7 Å². The van der Waals surface area contributed by atoms with Crippen LogP contribution in [0.4, 0.5) is 5.69 Å². The lowest BCUT2D eigenvalue weighted by molar-refractivity contribution is 0.0977. The van der Waals surface area contributed by atoms with E-state index in [4.69, 9.17) is 17.0 Å². The zero-order valence-electron chi connectivity index (χ0n) is 15.3. The number of rotatable bonds is 8. The van der Waals surface area contributed by atoms with Crippen LogP contribution < -0.4 is 20.1 Å². The molecule has 0 heterocycles. The summed E-state index contributed by atoms with van der Waals surface area (Å²) in [6.07, 6.45) is 1.46. The van der Waals surface area contributed by atoms with E-state index in [1.807, 2.05) is 6.92 Å². The second kappa shape index (κ2) is 9.98. The summed E-state index contributed by atoms with van der Waals surface area (Å²) in [5, 5.41) is 5.50. The molecule has 0 saturated heterocycles. The van der Waals surface area contributed by atoms with Gasteiger partial charge in [0.05, 0.1) is 11.5 Å². The molecule has 2 aromatic rings. The van der Waals surface area contributed by atoms with Crippen molar-refractivity contribution in [2.75, 3.05) is 18.5 Å². The summed E-state index contributed by atoms with van der Waals surface area (Å²) in [6.45, 7) is 6.04. The van der Waals surface area contributed by atoms with Crippen LogP contribution in [0.3, 0.4) is 0 Å². The lowest BCUT2D eigenvalue weighted by Gasteiger charge is -2.11. The largest absolute Gasteiger partial charge is 0.494 e. The molecular weight excluding hydrogens is 398 g/mol. The van der Waals surface area contributed by atoms with E-state index in [0.717, 1.165) is 0 Å². The SMILES string of the molecule is C=CCNS(=O)(=O)c1ccc(NC(=S)NC(=O)c2ccc(OCC)cc2)cc1. The van der Waals surface area contributed by atoms with Crippen LogP contribution >= 0.6 is 12.2 Å². The Morgan fingerprint density at radius 1 is 1.14 bits per heavy atom. The van der Waals surface area contributed by atoms with Crippen molar-refractivity contribution in [3.63, 3.8) is 0 Å². The molecule has 0 spiro atoms. The van der Waals surface area contributed by atoms with E-state index in [1.165, 1.54) is 18.2 Å². The van der Waals surface area contributed by atoms with Crippen molar-refractivity contribution in [3.8, 4) is 5.75 Å². The number of carbonyl (C=O) groups excluding carboxylic acids is 1. The van der Waals surface area contributed by atoms with Gasteiger partial charge in [-0.15, -0.1) is 6.58 Å². The monoisotopic (exact) mass is 419 g/mol. The van der Waals surface area contributed by atoms with Crippen LogP contribution in [0.5, 0.6) is 5.75 Å². The minimum Gasteiger partial charge on any atom is -0.494 e. The first-order valence-corrected chi connectivity index (χ1v) is 10.3. The molecule has 9 heteroatoms. The van der Waals surface area contributed by atoms with Crippen LogP contribution in [0.25, 0.3) is 0 Å². The fraction of sp³-hybridized carbons (Fsp3) is 0.158. The number of carbonyl (C=O) groups is 1. The number of nitrogens with one attached hydrogen (secondary N) is 3. The van der Waals surface area contributed by atoms with E-state index in [0.29, 0.717) is 23.6 Å². The van der Waals surface area contributed by atoms with E-state index in [-0.39, 0.29) is 22.5 Å². The molecule has 0 aromatic heterocycles. The normalized spacial score (nSPS) is 10.8. The van der Waals surface area contributed by atoms with Crippen LogP contribution in [0.15, 0.2) is 66.1 Å². The minimum absolute atomic E-state index is 0.0966. The molecule has 2 rings (SSSR count). The Hall–Kier alpha value is -2.75. The van der Waals surface area contributed by atoms with Gasteiger partial charge in [-0.05, 0) is 67.7 Å². The quantitative estimate of drug-likeness (QED) is 0.450. The highest BCUT2D eigenvalue weighted by atomic mass is 32.2. The maximum atomic E-state index is 12.2. The average Bonchev–Trinajstić information content (AvgIpc) is 2.67. The maximum absolute atomic E-state index is 12.2.